The molecule has 1 atom stereocenters. The van der Waals surface area contributed by atoms with Gasteiger partial charge in [0.2, 0.25) is 0 Å². The van der Waals surface area contributed by atoms with Crippen molar-refractivity contribution in [3.63, 3.8) is 0 Å². The minimum atomic E-state index is 0. The highest BCUT2D eigenvalue weighted by Gasteiger charge is 2.23. The van der Waals surface area contributed by atoms with Crippen LogP contribution in [0.4, 0.5) is 0 Å². The van der Waals surface area contributed by atoms with Gasteiger partial charge < -0.3 is 5.32 Å². The van der Waals surface area contributed by atoms with E-state index in [9.17, 15) is 0 Å². The number of thiophene rings is 1. The zero-order valence-corrected chi connectivity index (χ0v) is 15.1. The van der Waals surface area contributed by atoms with Crippen LogP contribution in [0, 0.1) is 0 Å². The summed E-state index contributed by atoms with van der Waals surface area (Å²) in [6.07, 6.45) is 4.30. The van der Waals surface area contributed by atoms with Gasteiger partial charge in [-0.3, -0.25) is 4.90 Å². The molecule has 2 heterocycles. The van der Waals surface area contributed by atoms with Crippen molar-refractivity contribution in [3.05, 3.63) is 47.9 Å². The smallest absolute Gasteiger partial charge is 0.0366 e. The molecular weight excluding hydrogens is 335 g/mol. The summed E-state index contributed by atoms with van der Waals surface area (Å²) in [5.41, 5.74) is 1.51. The number of piperazine rings is 1. The number of rotatable bonds is 5. The normalized spacial score (nSPS) is 16.5. The van der Waals surface area contributed by atoms with Crippen molar-refractivity contribution in [1.82, 2.24) is 10.2 Å². The van der Waals surface area contributed by atoms with Crippen molar-refractivity contribution in [1.29, 1.82) is 0 Å². The number of nitrogens with zero attached hydrogens (tertiary/aromatic N) is 1. The molecule has 0 aliphatic carbocycles. The Hall–Kier alpha value is -0.580. The standard InChI is InChI=1S/C17H22N2S.2ClH/c1-2-3-7-16(19-11-9-18-10-12-19)15-13-20-17-8-5-4-6-14(15)17;;/h2,4-6,8,13,16,18H,1,3,7,9-12H2;2*1H/t16-;;/m1../s1. The summed E-state index contributed by atoms with van der Waals surface area (Å²) in [5, 5.41) is 7.25. The molecule has 1 saturated heterocycles. The van der Waals surface area contributed by atoms with Crippen molar-refractivity contribution in [2.75, 3.05) is 26.2 Å². The number of hydrogen-bond acceptors (Lipinski definition) is 3. The van der Waals surface area contributed by atoms with Crippen LogP contribution in [0.15, 0.2) is 42.3 Å². The van der Waals surface area contributed by atoms with Crippen molar-refractivity contribution in [2.45, 2.75) is 18.9 Å². The van der Waals surface area contributed by atoms with Crippen molar-refractivity contribution in [2.24, 2.45) is 0 Å². The summed E-state index contributed by atoms with van der Waals surface area (Å²) in [5.74, 6) is 0. The highest BCUT2D eigenvalue weighted by molar-refractivity contribution is 7.17. The van der Waals surface area contributed by atoms with Gasteiger partial charge in [0.25, 0.3) is 0 Å². The lowest BCUT2D eigenvalue weighted by Gasteiger charge is -2.35. The van der Waals surface area contributed by atoms with Gasteiger partial charge in [-0.05, 0) is 35.2 Å². The third-order valence-electron chi connectivity index (χ3n) is 4.11. The minimum Gasteiger partial charge on any atom is -0.314 e. The monoisotopic (exact) mass is 358 g/mol. The van der Waals surface area contributed by atoms with E-state index < -0.39 is 0 Å². The fourth-order valence-electron chi connectivity index (χ4n) is 3.06. The van der Waals surface area contributed by atoms with Gasteiger partial charge >= 0.3 is 0 Å². The van der Waals surface area contributed by atoms with E-state index in [4.69, 9.17) is 0 Å². The topological polar surface area (TPSA) is 15.3 Å². The van der Waals surface area contributed by atoms with Crippen LogP contribution >= 0.6 is 36.2 Å². The third kappa shape index (κ3) is 4.24. The summed E-state index contributed by atoms with van der Waals surface area (Å²) in [6.45, 7) is 8.39. The molecule has 1 fully saturated rings. The van der Waals surface area contributed by atoms with Crippen molar-refractivity contribution in [3.8, 4) is 0 Å². The predicted molar refractivity (Wildman–Crippen MR) is 103 cm³/mol. The van der Waals surface area contributed by atoms with Crippen LogP contribution in [0.2, 0.25) is 0 Å². The predicted octanol–water partition coefficient (Wildman–Crippen LogP) is 4.66. The average molecular weight is 359 g/mol. The van der Waals surface area contributed by atoms with Crippen LogP contribution in [0.25, 0.3) is 10.1 Å². The largest absolute Gasteiger partial charge is 0.314 e. The Balaban J connectivity index is 0.00000121. The lowest BCUT2D eigenvalue weighted by molar-refractivity contribution is 0.167. The Morgan fingerprint density at radius 3 is 2.68 bits per heavy atom. The Morgan fingerprint density at radius 2 is 1.95 bits per heavy atom. The fourth-order valence-corrected chi connectivity index (χ4v) is 4.07. The third-order valence-corrected chi connectivity index (χ3v) is 5.09. The molecule has 2 aromatic rings. The maximum absolute atomic E-state index is 3.89. The molecule has 0 bridgehead atoms. The lowest BCUT2D eigenvalue weighted by Crippen LogP contribution is -2.45. The Kier molecular flexibility index (Phi) is 8.44. The maximum Gasteiger partial charge on any atom is 0.0366 e. The first-order valence-corrected chi connectivity index (χ1v) is 8.30. The number of fused-ring (bicyclic) bond motifs is 1. The Bertz CT molecular complexity index is 579. The van der Waals surface area contributed by atoms with Crippen LogP contribution in [-0.2, 0) is 0 Å². The van der Waals surface area contributed by atoms with Crippen LogP contribution in [0.1, 0.15) is 24.4 Å². The summed E-state index contributed by atoms with van der Waals surface area (Å²) >= 11 is 1.87. The van der Waals surface area contributed by atoms with Crippen LogP contribution in [0.5, 0.6) is 0 Å². The second-order valence-corrected chi connectivity index (χ2v) is 6.27. The molecule has 0 radical (unpaired) electrons. The van der Waals surface area contributed by atoms with E-state index in [1.165, 1.54) is 22.1 Å². The summed E-state index contributed by atoms with van der Waals surface area (Å²) < 4.78 is 1.40. The second-order valence-electron chi connectivity index (χ2n) is 5.35. The average Bonchev–Trinajstić information content (AvgIpc) is 2.93. The number of hydrogen-bond donors (Lipinski definition) is 1. The van der Waals surface area contributed by atoms with E-state index in [-0.39, 0.29) is 24.8 Å². The van der Waals surface area contributed by atoms with E-state index in [1.807, 2.05) is 17.4 Å². The first kappa shape index (κ1) is 19.5. The molecule has 0 spiro atoms. The first-order valence-electron chi connectivity index (χ1n) is 7.42. The van der Waals surface area contributed by atoms with Gasteiger partial charge in [0.05, 0.1) is 0 Å². The Morgan fingerprint density at radius 1 is 1.23 bits per heavy atom. The van der Waals surface area contributed by atoms with E-state index in [1.54, 1.807) is 0 Å². The van der Waals surface area contributed by atoms with E-state index >= 15 is 0 Å². The molecule has 5 heteroatoms. The lowest BCUT2D eigenvalue weighted by atomic mass is 9.99. The molecule has 1 aliphatic heterocycles. The molecule has 1 aromatic heterocycles. The maximum atomic E-state index is 3.89. The van der Waals surface area contributed by atoms with Crippen LogP contribution in [0.3, 0.4) is 0 Å². The molecule has 0 amide bonds. The summed E-state index contributed by atoms with van der Waals surface area (Å²) in [4.78, 5) is 2.63. The molecule has 0 saturated carbocycles. The van der Waals surface area contributed by atoms with Crippen molar-refractivity contribution >= 4 is 46.2 Å². The fraction of sp³-hybridized carbons (Fsp3) is 0.412. The molecular formula is C17H24Cl2N2S. The summed E-state index contributed by atoms with van der Waals surface area (Å²) in [6, 6.07) is 9.31. The van der Waals surface area contributed by atoms with Gasteiger partial charge in [0.1, 0.15) is 0 Å². The minimum absolute atomic E-state index is 0. The van der Waals surface area contributed by atoms with Gasteiger partial charge in [-0.15, -0.1) is 42.7 Å². The second kappa shape index (κ2) is 9.53. The molecule has 0 unspecified atom stereocenters. The number of halogens is 2. The van der Waals surface area contributed by atoms with Gasteiger partial charge in [0, 0.05) is 36.9 Å². The molecule has 22 heavy (non-hydrogen) atoms. The van der Waals surface area contributed by atoms with Crippen LogP contribution < -0.4 is 5.32 Å². The van der Waals surface area contributed by atoms with Gasteiger partial charge in [-0.25, -0.2) is 0 Å². The molecule has 1 aromatic carbocycles. The van der Waals surface area contributed by atoms with Gasteiger partial charge in [-0.2, -0.15) is 0 Å². The summed E-state index contributed by atoms with van der Waals surface area (Å²) in [7, 11) is 0. The quantitative estimate of drug-likeness (QED) is 0.782. The molecule has 2 nitrogen and oxygen atoms in total. The number of benzene rings is 1. The van der Waals surface area contributed by atoms with E-state index in [2.05, 4.69) is 46.4 Å². The highest BCUT2D eigenvalue weighted by Crippen LogP contribution is 2.35. The SMILES string of the molecule is C=CCC[C@H](c1csc2ccccc12)N1CCNCC1.Cl.Cl. The van der Waals surface area contributed by atoms with Crippen LogP contribution in [-0.4, -0.2) is 31.1 Å². The zero-order chi connectivity index (χ0) is 13.8. The number of nitrogens with one attached hydrogen (secondary N) is 1. The number of allylic oxidation sites excluding steroid dienone is 1. The van der Waals surface area contributed by atoms with Crippen molar-refractivity contribution < 1.29 is 0 Å². The molecule has 1 N–H and O–H groups in total. The zero-order valence-electron chi connectivity index (χ0n) is 12.7. The van der Waals surface area contributed by atoms with E-state index in [0.29, 0.717) is 6.04 Å². The van der Waals surface area contributed by atoms with Gasteiger partial charge in [-0.1, -0.05) is 24.3 Å². The highest BCUT2D eigenvalue weighted by atomic mass is 35.5. The molecule has 3 rings (SSSR count). The van der Waals surface area contributed by atoms with Gasteiger partial charge in [0.15, 0.2) is 0 Å². The Labute approximate surface area is 149 Å². The van der Waals surface area contributed by atoms with E-state index in [0.717, 1.165) is 32.6 Å². The molecule has 122 valence electrons. The molecule has 1 aliphatic rings. The first-order chi connectivity index (χ1) is 9.90.